The number of para-hydroxylation sites is 1. The third-order valence-electron chi connectivity index (χ3n) is 6.94. The Labute approximate surface area is 212 Å². The smallest absolute Gasteiger partial charge is 0.258 e. The second-order valence-corrected chi connectivity index (χ2v) is 9.84. The van der Waals surface area contributed by atoms with Gasteiger partial charge in [0, 0.05) is 41.9 Å². The van der Waals surface area contributed by atoms with Crippen LogP contribution in [0, 0.1) is 11.6 Å². The topological polar surface area (TPSA) is 36.4 Å². The molecule has 35 heavy (non-hydrogen) atoms. The summed E-state index contributed by atoms with van der Waals surface area (Å²) >= 11 is 12.6. The largest absolute Gasteiger partial charge is 0.306 e. The van der Waals surface area contributed by atoms with E-state index in [1.807, 2.05) is 18.2 Å². The quantitative estimate of drug-likeness (QED) is 0.380. The summed E-state index contributed by atoms with van der Waals surface area (Å²) in [4.78, 5) is 21.5. The number of anilines is 1. The van der Waals surface area contributed by atoms with E-state index >= 15 is 0 Å². The molecule has 2 aliphatic heterocycles. The molecule has 0 bridgehead atoms. The van der Waals surface area contributed by atoms with Gasteiger partial charge in [0.25, 0.3) is 5.91 Å². The highest BCUT2D eigenvalue weighted by atomic mass is 35.5. The fourth-order valence-electron chi connectivity index (χ4n) is 5.11. The van der Waals surface area contributed by atoms with Crippen LogP contribution in [-0.2, 0) is 5.41 Å². The van der Waals surface area contributed by atoms with Crippen molar-refractivity contribution in [2.75, 3.05) is 31.1 Å². The molecule has 1 spiro atoms. The van der Waals surface area contributed by atoms with Crippen molar-refractivity contribution in [3.63, 3.8) is 0 Å². The van der Waals surface area contributed by atoms with E-state index < -0.39 is 11.6 Å². The van der Waals surface area contributed by atoms with Gasteiger partial charge in [0.2, 0.25) is 0 Å². The minimum atomic E-state index is -0.586. The summed E-state index contributed by atoms with van der Waals surface area (Å²) in [6, 6.07) is 12.6. The fourth-order valence-corrected chi connectivity index (χ4v) is 5.56. The Hall–Kier alpha value is -2.80. The number of carbonyl (C=O) groups is 1. The summed E-state index contributed by atoms with van der Waals surface area (Å²) in [5.41, 5.74) is 2.53. The molecule has 0 unspecified atom stereocenters. The Morgan fingerprint density at radius 1 is 1.09 bits per heavy atom. The Morgan fingerprint density at radius 2 is 1.89 bits per heavy atom. The Morgan fingerprint density at radius 3 is 2.63 bits per heavy atom. The highest BCUT2D eigenvalue weighted by molar-refractivity contribution is 6.34. The van der Waals surface area contributed by atoms with E-state index in [0.29, 0.717) is 29.2 Å². The molecule has 4 nitrogen and oxygen atoms in total. The number of rotatable bonds is 4. The zero-order valence-corrected chi connectivity index (χ0v) is 20.4. The molecule has 8 heteroatoms. The van der Waals surface area contributed by atoms with Gasteiger partial charge in [-0.3, -0.25) is 9.69 Å². The molecule has 5 rings (SSSR count). The van der Waals surface area contributed by atoms with Crippen LogP contribution in [0.15, 0.2) is 60.8 Å². The summed E-state index contributed by atoms with van der Waals surface area (Å²) in [6.07, 6.45) is 6.83. The lowest BCUT2D eigenvalue weighted by molar-refractivity contribution is 0.0977. The predicted octanol–water partition coefficient (Wildman–Crippen LogP) is 6.37. The lowest BCUT2D eigenvalue weighted by Gasteiger charge is -2.39. The number of amides is 1. The number of aromatic nitrogens is 1. The molecular weight excluding hydrogens is 491 g/mol. The highest BCUT2D eigenvalue weighted by Crippen LogP contribution is 2.50. The van der Waals surface area contributed by atoms with E-state index in [9.17, 15) is 13.6 Å². The van der Waals surface area contributed by atoms with Crippen molar-refractivity contribution >= 4 is 40.9 Å². The van der Waals surface area contributed by atoms with E-state index in [1.165, 1.54) is 18.3 Å². The van der Waals surface area contributed by atoms with Crippen molar-refractivity contribution in [1.29, 1.82) is 0 Å². The maximum absolute atomic E-state index is 13.9. The molecule has 1 fully saturated rings. The third kappa shape index (κ3) is 4.70. The Balaban J connectivity index is 1.32. The zero-order chi connectivity index (χ0) is 24.6. The van der Waals surface area contributed by atoms with Gasteiger partial charge in [-0.25, -0.2) is 13.8 Å². The van der Waals surface area contributed by atoms with Gasteiger partial charge in [-0.05, 0) is 61.8 Å². The molecule has 180 valence electrons. The van der Waals surface area contributed by atoms with Crippen molar-refractivity contribution in [2.24, 2.45) is 0 Å². The molecule has 1 aromatic heterocycles. The lowest BCUT2D eigenvalue weighted by atomic mass is 9.74. The van der Waals surface area contributed by atoms with Crippen LogP contribution in [0.3, 0.4) is 0 Å². The van der Waals surface area contributed by atoms with Crippen LogP contribution in [0.25, 0.3) is 6.08 Å². The molecule has 0 saturated carbocycles. The second-order valence-electron chi connectivity index (χ2n) is 9.04. The first-order valence-electron chi connectivity index (χ1n) is 11.4. The first-order valence-corrected chi connectivity index (χ1v) is 12.2. The van der Waals surface area contributed by atoms with Crippen molar-refractivity contribution in [2.45, 2.75) is 18.3 Å². The van der Waals surface area contributed by atoms with Crippen molar-refractivity contribution < 1.29 is 13.6 Å². The minimum absolute atomic E-state index is 0.146. The van der Waals surface area contributed by atoms with E-state index in [4.69, 9.17) is 23.2 Å². The van der Waals surface area contributed by atoms with Crippen LogP contribution in [0.1, 0.15) is 34.3 Å². The standard InChI is InChI=1S/C27H23Cl2F2N3O/c28-22-5-1-4-21-25(22)34(26(35)19-8-11-32-24(29)15-19)17-27(21)9-13-33(14-10-27)12-2-3-18-6-7-20(30)16-23(18)31/h1-8,11,15-16H,9-10,12-14,17H2/b3-2+. The van der Waals surface area contributed by atoms with Gasteiger partial charge in [0.05, 0.1) is 10.7 Å². The molecule has 0 radical (unpaired) electrons. The summed E-state index contributed by atoms with van der Waals surface area (Å²) in [5, 5.41) is 0.825. The number of nitrogens with zero attached hydrogens (tertiary/aromatic N) is 3. The third-order valence-corrected chi connectivity index (χ3v) is 7.46. The first kappa shape index (κ1) is 23.9. The zero-order valence-electron chi connectivity index (χ0n) is 18.9. The molecule has 3 heterocycles. The molecule has 0 aliphatic carbocycles. The normalized spacial score (nSPS) is 17.3. The maximum Gasteiger partial charge on any atom is 0.258 e. The van der Waals surface area contributed by atoms with Crippen LogP contribution >= 0.6 is 23.2 Å². The summed E-state index contributed by atoms with van der Waals surface area (Å²) in [6.45, 7) is 2.86. The van der Waals surface area contributed by atoms with Crippen LogP contribution < -0.4 is 4.90 Å². The van der Waals surface area contributed by atoms with E-state index in [1.54, 1.807) is 23.1 Å². The number of hydrogen-bond acceptors (Lipinski definition) is 3. The number of hydrogen-bond donors (Lipinski definition) is 0. The average molecular weight is 514 g/mol. The number of piperidine rings is 1. The molecular formula is C27H23Cl2F2N3O. The van der Waals surface area contributed by atoms with Crippen LogP contribution in [0.2, 0.25) is 10.2 Å². The second kappa shape index (κ2) is 9.69. The summed E-state index contributed by atoms with van der Waals surface area (Å²) < 4.78 is 27.0. The number of carbonyl (C=O) groups excluding carboxylic acids is 1. The van der Waals surface area contributed by atoms with Crippen LogP contribution in [-0.4, -0.2) is 42.0 Å². The Bertz CT molecular complexity index is 1310. The maximum atomic E-state index is 13.9. The lowest BCUT2D eigenvalue weighted by Crippen LogP contribution is -2.46. The van der Waals surface area contributed by atoms with Gasteiger partial charge in [-0.2, -0.15) is 0 Å². The highest BCUT2D eigenvalue weighted by Gasteiger charge is 2.47. The number of benzene rings is 2. The monoisotopic (exact) mass is 513 g/mol. The molecule has 3 aromatic rings. The van der Waals surface area contributed by atoms with Gasteiger partial charge in [0.1, 0.15) is 16.8 Å². The average Bonchev–Trinajstić information content (AvgIpc) is 3.16. The van der Waals surface area contributed by atoms with Crippen molar-refractivity contribution in [1.82, 2.24) is 9.88 Å². The number of fused-ring (bicyclic) bond motifs is 2. The SMILES string of the molecule is O=C(c1ccnc(Cl)c1)N1CC2(CCN(C/C=C/c3ccc(F)cc3F)CC2)c2cccc(Cl)c21. The van der Waals surface area contributed by atoms with Crippen molar-refractivity contribution in [3.05, 3.63) is 99.3 Å². The molecule has 2 aromatic carbocycles. The molecule has 1 amide bonds. The van der Waals surface area contributed by atoms with E-state index in [-0.39, 0.29) is 16.5 Å². The molecule has 1 saturated heterocycles. The van der Waals surface area contributed by atoms with Gasteiger partial charge in [-0.1, -0.05) is 47.5 Å². The predicted molar refractivity (Wildman–Crippen MR) is 135 cm³/mol. The fraction of sp³-hybridized carbons (Fsp3) is 0.259. The van der Waals surface area contributed by atoms with Gasteiger partial charge < -0.3 is 4.90 Å². The number of likely N-dealkylation sites (tertiary alicyclic amines) is 1. The van der Waals surface area contributed by atoms with Gasteiger partial charge in [-0.15, -0.1) is 0 Å². The van der Waals surface area contributed by atoms with Crippen LogP contribution in [0.5, 0.6) is 0 Å². The van der Waals surface area contributed by atoms with Crippen molar-refractivity contribution in [3.8, 4) is 0 Å². The van der Waals surface area contributed by atoms with Crippen LogP contribution in [0.4, 0.5) is 14.5 Å². The molecule has 0 N–H and O–H groups in total. The van der Waals surface area contributed by atoms with E-state index in [0.717, 1.165) is 43.2 Å². The first-order chi connectivity index (χ1) is 16.9. The number of halogens is 4. The summed E-state index contributed by atoms with van der Waals surface area (Å²) in [5.74, 6) is -1.30. The van der Waals surface area contributed by atoms with Gasteiger partial charge in [0.15, 0.2) is 0 Å². The summed E-state index contributed by atoms with van der Waals surface area (Å²) in [7, 11) is 0. The number of pyridine rings is 1. The van der Waals surface area contributed by atoms with E-state index in [2.05, 4.69) is 16.0 Å². The molecule has 2 aliphatic rings. The Kier molecular flexibility index (Phi) is 6.62. The van der Waals surface area contributed by atoms with Gasteiger partial charge >= 0.3 is 0 Å². The minimum Gasteiger partial charge on any atom is -0.306 e. The molecule has 0 atom stereocenters.